The van der Waals surface area contributed by atoms with Crippen molar-refractivity contribution in [2.24, 2.45) is 0 Å². The number of fused-ring (bicyclic) bond motifs is 1. The zero-order chi connectivity index (χ0) is 10.1. The molecule has 0 radical (unpaired) electrons. The largest absolute Gasteiger partial charge is 0.477 e. The minimum Gasteiger partial charge on any atom is -0.477 e. The average Bonchev–Trinajstić information content (AvgIpc) is 2.23. The number of ether oxygens (including phenoxy) is 1. The van der Waals surface area contributed by atoms with E-state index in [1.165, 1.54) is 0 Å². The van der Waals surface area contributed by atoms with E-state index in [0.717, 1.165) is 0 Å². The van der Waals surface area contributed by atoms with E-state index in [9.17, 15) is 4.79 Å². The molecule has 1 aliphatic rings. The van der Waals surface area contributed by atoms with Crippen LogP contribution in [0.3, 0.4) is 0 Å². The summed E-state index contributed by atoms with van der Waals surface area (Å²) in [4.78, 5) is 17.3. The molecule has 0 saturated carbocycles. The Labute approximate surface area is 82.5 Å². The number of anilines is 1. The Balaban J connectivity index is 2.42. The second-order valence-electron chi connectivity index (χ2n) is 3.24. The van der Waals surface area contributed by atoms with E-state index in [1.54, 1.807) is 24.2 Å². The first-order valence-electron chi connectivity index (χ1n) is 4.63. The van der Waals surface area contributed by atoms with Crippen molar-refractivity contribution in [2.75, 3.05) is 11.9 Å². The highest BCUT2D eigenvalue weighted by Gasteiger charge is 2.31. The van der Waals surface area contributed by atoms with Crippen molar-refractivity contribution < 1.29 is 9.53 Å². The third-order valence-corrected chi connectivity index (χ3v) is 2.31. The van der Waals surface area contributed by atoms with Gasteiger partial charge in [0.05, 0.1) is 0 Å². The molecule has 74 valence electrons. The highest BCUT2D eigenvalue weighted by molar-refractivity contribution is 5.98. The molecule has 0 fully saturated rings. The monoisotopic (exact) mass is 192 g/mol. The first-order chi connectivity index (χ1) is 6.74. The number of likely N-dealkylation sites (N-methyl/N-ethyl adjacent to an activating group) is 1. The lowest BCUT2D eigenvalue weighted by atomic mass is 10.2. The number of rotatable bonds is 1. The van der Waals surface area contributed by atoms with Crippen molar-refractivity contribution in [1.29, 1.82) is 0 Å². The molecular weight excluding hydrogens is 180 g/mol. The van der Waals surface area contributed by atoms with Crippen LogP contribution < -0.4 is 9.64 Å². The minimum absolute atomic E-state index is 0.0290. The maximum absolute atomic E-state index is 11.7. The summed E-state index contributed by atoms with van der Waals surface area (Å²) in [6.45, 7) is 1.93. The second-order valence-corrected chi connectivity index (χ2v) is 3.24. The molecule has 0 aliphatic carbocycles. The SMILES string of the molecule is CCC1Oc2cccnc2N(C)C1=O. The van der Waals surface area contributed by atoms with Crippen molar-refractivity contribution in [3.05, 3.63) is 18.3 Å². The number of nitrogens with zero attached hydrogens (tertiary/aromatic N) is 2. The molecule has 0 saturated heterocycles. The highest BCUT2D eigenvalue weighted by Crippen LogP contribution is 2.30. The van der Waals surface area contributed by atoms with Crippen LogP contribution in [0.15, 0.2) is 18.3 Å². The zero-order valence-electron chi connectivity index (χ0n) is 8.23. The molecule has 2 rings (SSSR count). The van der Waals surface area contributed by atoms with Crippen LogP contribution >= 0.6 is 0 Å². The van der Waals surface area contributed by atoms with Gasteiger partial charge in [-0.05, 0) is 18.6 Å². The lowest BCUT2D eigenvalue weighted by Crippen LogP contribution is -2.43. The fraction of sp³-hybridized carbons (Fsp3) is 0.400. The zero-order valence-corrected chi connectivity index (χ0v) is 8.23. The Kier molecular flexibility index (Phi) is 2.11. The van der Waals surface area contributed by atoms with Crippen LogP contribution in [0.1, 0.15) is 13.3 Å². The predicted molar refractivity (Wildman–Crippen MR) is 52.4 cm³/mol. The topological polar surface area (TPSA) is 42.4 Å². The van der Waals surface area contributed by atoms with Gasteiger partial charge in [0.1, 0.15) is 0 Å². The Hall–Kier alpha value is -1.58. The first kappa shape index (κ1) is 8.99. The molecular formula is C10H12N2O2. The molecule has 1 amide bonds. The Morgan fingerprint density at radius 3 is 3.14 bits per heavy atom. The average molecular weight is 192 g/mol. The third kappa shape index (κ3) is 1.23. The van der Waals surface area contributed by atoms with Crippen LogP contribution in [0.4, 0.5) is 5.82 Å². The van der Waals surface area contributed by atoms with Gasteiger partial charge in [-0.25, -0.2) is 4.98 Å². The van der Waals surface area contributed by atoms with E-state index >= 15 is 0 Å². The van der Waals surface area contributed by atoms with Gasteiger partial charge >= 0.3 is 0 Å². The van der Waals surface area contributed by atoms with E-state index in [-0.39, 0.29) is 12.0 Å². The number of hydrogen-bond acceptors (Lipinski definition) is 3. The number of carbonyl (C=O) groups is 1. The lowest BCUT2D eigenvalue weighted by molar-refractivity contribution is -0.126. The van der Waals surface area contributed by atoms with E-state index < -0.39 is 0 Å². The number of carbonyl (C=O) groups excluding carboxylic acids is 1. The lowest BCUT2D eigenvalue weighted by Gasteiger charge is -2.30. The smallest absolute Gasteiger partial charge is 0.269 e. The molecule has 0 spiro atoms. The molecule has 4 heteroatoms. The summed E-state index contributed by atoms with van der Waals surface area (Å²) in [6.07, 6.45) is 1.96. The van der Waals surface area contributed by atoms with Crippen molar-refractivity contribution in [3.8, 4) is 5.75 Å². The van der Waals surface area contributed by atoms with Crippen molar-refractivity contribution >= 4 is 11.7 Å². The summed E-state index contributed by atoms with van der Waals surface area (Å²) >= 11 is 0. The Bertz CT molecular complexity index is 365. The third-order valence-electron chi connectivity index (χ3n) is 2.31. The van der Waals surface area contributed by atoms with Crippen LogP contribution in [0.5, 0.6) is 5.75 Å². The number of amides is 1. The molecule has 2 heterocycles. The van der Waals surface area contributed by atoms with Crippen LogP contribution in [0.25, 0.3) is 0 Å². The van der Waals surface area contributed by atoms with Crippen LogP contribution in [-0.2, 0) is 4.79 Å². The number of aromatic nitrogens is 1. The summed E-state index contributed by atoms with van der Waals surface area (Å²) in [5, 5.41) is 0. The van der Waals surface area contributed by atoms with E-state index in [4.69, 9.17) is 4.74 Å². The van der Waals surface area contributed by atoms with Gasteiger partial charge in [-0.1, -0.05) is 6.92 Å². The van der Waals surface area contributed by atoms with E-state index in [0.29, 0.717) is 18.0 Å². The summed E-state index contributed by atoms with van der Waals surface area (Å²) in [7, 11) is 1.72. The number of pyridine rings is 1. The standard InChI is InChI=1S/C10H12N2O2/c1-3-7-10(13)12(2)9-8(14-7)5-4-6-11-9/h4-7H,3H2,1-2H3. The normalized spacial score (nSPS) is 20.3. The Morgan fingerprint density at radius 1 is 1.64 bits per heavy atom. The van der Waals surface area contributed by atoms with Crippen molar-refractivity contribution in [2.45, 2.75) is 19.4 Å². The Morgan fingerprint density at radius 2 is 2.43 bits per heavy atom. The molecule has 1 atom stereocenters. The molecule has 1 aromatic heterocycles. The van der Waals surface area contributed by atoms with Gasteiger partial charge in [0, 0.05) is 13.2 Å². The highest BCUT2D eigenvalue weighted by atomic mass is 16.5. The van der Waals surface area contributed by atoms with Gasteiger partial charge in [-0.3, -0.25) is 9.69 Å². The van der Waals surface area contributed by atoms with E-state index in [2.05, 4.69) is 4.98 Å². The maximum Gasteiger partial charge on any atom is 0.269 e. The minimum atomic E-state index is -0.364. The molecule has 1 aromatic rings. The number of hydrogen-bond donors (Lipinski definition) is 0. The molecule has 0 N–H and O–H groups in total. The molecule has 0 aromatic carbocycles. The van der Waals surface area contributed by atoms with Gasteiger partial charge in [0.2, 0.25) is 0 Å². The molecule has 1 aliphatic heterocycles. The predicted octanol–water partition coefficient (Wildman–Crippen LogP) is 1.22. The van der Waals surface area contributed by atoms with Gasteiger partial charge in [-0.15, -0.1) is 0 Å². The fourth-order valence-corrected chi connectivity index (χ4v) is 1.51. The van der Waals surface area contributed by atoms with Crippen molar-refractivity contribution in [1.82, 2.24) is 4.98 Å². The fourth-order valence-electron chi connectivity index (χ4n) is 1.51. The van der Waals surface area contributed by atoms with Gasteiger partial charge in [0.15, 0.2) is 17.7 Å². The summed E-state index contributed by atoms with van der Waals surface area (Å²) in [5.74, 6) is 1.25. The molecule has 4 nitrogen and oxygen atoms in total. The molecule has 14 heavy (non-hydrogen) atoms. The van der Waals surface area contributed by atoms with Crippen molar-refractivity contribution in [3.63, 3.8) is 0 Å². The first-order valence-corrected chi connectivity index (χ1v) is 4.63. The summed E-state index contributed by atoms with van der Waals surface area (Å²) in [6, 6.07) is 3.63. The second kappa shape index (κ2) is 3.29. The van der Waals surface area contributed by atoms with Crippen LogP contribution in [0, 0.1) is 0 Å². The van der Waals surface area contributed by atoms with E-state index in [1.807, 2.05) is 13.0 Å². The molecule has 1 unspecified atom stereocenters. The van der Waals surface area contributed by atoms with Gasteiger partial charge < -0.3 is 4.74 Å². The van der Waals surface area contributed by atoms with Gasteiger partial charge in [0.25, 0.3) is 5.91 Å². The quantitative estimate of drug-likeness (QED) is 0.671. The van der Waals surface area contributed by atoms with Gasteiger partial charge in [-0.2, -0.15) is 0 Å². The van der Waals surface area contributed by atoms with Crippen LogP contribution in [0.2, 0.25) is 0 Å². The summed E-state index contributed by atoms with van der Waals surface area (Å²) < 4.78 is 5.51. The summed E-state index contributed by atoms with van der Waals surface area (Å²) in [5.41, 5.74) is 0. The molecule has 0 bridgehead atoms. The maximum atomic E-state index is 11.7. The van der Waals surface area contributed by atoms with Crippen LogP contribution in [-0.4, -0.2) is 24.0 Å².